The first kappa shape index (κ1) is 16.4. The van der Waals surface area contributed by atoms with Gasteiger partial charge in [-0.1, -0.05) is 17.7 Å². The summed E-state index contributed by atoms with van der Waals surface area (Å²) in [6, 6.07) is 10.4. The Morgan fingerprint density at radius 2 is 1.73 bits per heavy atom. The van der Waals surface area contributed by atoms with E-state index in [2.05, 4.69) is 5.32 Å². The van der Waals surface area contributed by atoms with Crippen LogP contribution in [0.4, 0.5) is 10.1 Å². The molecule has 22 heavy (non-hydrogen) atoms. The fourth-order valence-corrected chi connectivity index (χ4v) is 2.20. The highest BCUT2D eigenvalue weighted by Crippen LogP contribution is 2.29. The van der Waals surface area contributed by atoms with Crippen LogP contribution in [-0.2, 0) is 6.54 Å². The molecular formula is C17H19ClFNO2. The Hall–Kier alpha value is -1.94. The van der Waals surface area contributed by atoms with Crippen molar-refractivity contribution in [3.05, 3.63) is 52.8 Å². The molecule has 2 rings (SSSR count). The molecule has 2 aromatic rings. The van der Waals surface area contributed by atoms with Crippen molar-refractivity contribution in [3.8, 4) is 11.5 Å². The van der Waals surface area contributed by atoms with E-state index >= 15 is 0 Å². The van der Waals surface area contributed by atoms with Crippen molar-refractivity contribution in [2.24, 2.45) is 0 Å². The minimum atomic E-state index is -0.424. The molecule has 0 saturated carbocycles. The molecule has 0 aliphatic heterocycles. The molecule has 1 N–H and O–H groups in total. The summed E-state index contributed by atoms with van der Waals surface area (Å²) in [5, 5.41) is 3.31. The molecule has 2 aromatic carbocycles. The second-order valence-electron chi connectivity index (χ2n) is 4.63. The fraction of sp³-hybridized carbons (Fsp3) is 0.294. The van der Waals surface area contributed by atoms with Crippen molar-refractivity contribution >= 4 is 17.3 Å². The maximum Gasteiger partial charge on any atom is 0.161 e. The lowest BCUT2D eigenvalue weighted by Gasteiger charge is -2.13. The Morgan fingerprint density at radius 3 is 2.41 bits per heavy atom. The van der Waals surface area contributed by atoms with Gasteiger partial charge in [-0.05, 0) is 49.7 Å². The molecule has 0 fully saturated rings. The van der Waals surface area contributed by atoms with E-state index < -0.39 is 5.82 Å². The van der Waals surface area contributed by atoms with E-state index in [0.717, 1.165) is 22.7 Å². The average Bonchev–Trinajstić information content (AvgIpc) is 2.51. The van der Waals surface area contributed by atoms with E-state index in [4.69, 9.17) is 21.1 Å². The molecule has 0 amide bonds. The van der Waals surface area contributed by atoms with Crippen LogP contribution in [0.25, 0.3) is 0 Å². The zero-order valence-corrected chi connectivity index (χ0v) is 13.4. The molecule has 0 bridgehead atoms. The smallest absolute Gasteiger partial charge is 0.161 e. The number of benzene rings is 2. The van der Waals surface area contributed by atoms with Gasteiger partial charge in [0.15, 0.2) is 11.5 Å². The normalized spacial score (nSPS) is 10.4. The van der Waals surface area contributed by atoms with Crippen LogP contribution in [0.1, 0.15) is 19.4 Å². The van der Waals surface area contributed by atoms with Crippen LogP contribution < -0.4 is 14.8 Å². The summed E-state index contributed by atoms with van der Waals surface area (Å²) >= 11 is 5.77. The SMILES string of the molecule is CCOc1ccc(CNc2ccc(F)c(Cl)c2)cc1OCC. The zero-order chi connectivity index (χ0) is 15.9. The van der Waals surface area contributed by atoms with Crippen LogP contribution >= 0.6 is 11.6 Å². The van der Waals surface area contributed by atoms with Gasteiger partial charge in [0.05, 0.1) is 18.2 Å². The topological polar surface area (TPSA) is 30.5 Å². The molecule has 0 aliphatic carbocycles. The van der Waals surface area contributed by atoms with Crippen molar-refractivity contribution in [1.29, 1.82) is 0 Å². The van der Waals surface area contributed by atoms with Crippen molar-refractivity contribution in [2.45, 2.75) is 20.4 Å². The molecule has 0 spiro atoms. The van der Waals surface area contributed by atoms with Gasteiger partial charge in [-0.3, -0.25) is 0 Å². The monoisotopic (exact) mass is 323 g/mol. The number of halogens is 2. The highest BCUT2D eigenvalue weighted by Gasteiger charge is 2.06. The second-order valence-corrected chi connectivity index (χ2v) is 5.04. The Bertz CT molecular complexity index is 634. The van der Waals surface area contributed by atoms with E-state index in [1.807, 2.05) is 32.0 Å². The molecule has 118 valence electrons. The highest BCUT2D eigenvalue weighted by atomic mass is 35.5. The second kappa shape index (κ2) is 7.90. The van der Waals surface area contributed by atoms with Crippen LogP contribution in [0.3, 0.4) is 0 Å². The van der Waals surface area contributed by atoms with Gasteiger partial charge in [-0.15, -0.1) is 0 Å². The summed E-state index contributed by atoms with van der Waals surface area (Å²) in [6.07, 6.45) is 0. The first-order valence-corrected chi connectivity index (χ1v) is 7.59. The number of nitrogens with one attached hydrogen (secondary N) is 1. The Labute approximate surface area is 135 Å². The summed E-state index contributed by atoms with van der Waals surface area (Å²) < 4.78 is 24.3. The largest absolute Gasteiger partial charge is 0.490 e. The molecule has 0 saturated heterocycles. The quantitative estimate of drug-likeness (QED) is 0.787. The Morgan fingerprint density at radius 1 is 1.00 bits per heavy atom. The molecule has 0 aliphatic rings. The molecule has 5 heteroatoms. The third-order valence-electron chi connectivity index (χ3n) is 3.02. The maximum absolute atomic E-state index is 13.1. The number of hydrogen-bond acceptors (Lipinski definition) is 3. The van der Waals surface area contributed by atoms with Gasteiger partial charge in [-0.25, -0.2) is 4.39 Å². The Balaban J connectivity index is 2.08. The molecule has 0 heterocycles. The first-order chi connectivity index (χ1) is 10.6. The molecule has 3 nitrogen and oxygen atoms in total. The minimum absolute atomic E-state index is 0.103. The van der Waals surface area contributed by atoms with Crippen LogP contribution in [0, 0.1) is 5.82 Å². The molecule has 0 unspecified atom stereocenters. The summed E-state index contributed by atoms with van der Waals surface area (Å²) in [6.45, 7) is 5.61. The van der Waals surface area contributed by atoms with Crippen molar-refractivity contribution in [1.82, 2.24) is 0 Å². The predicted molar refractivity (Wildman–Crippen MR) is 87.5 cm³/mol. The van der Waals surface area contributed by atoms with Gasteiger partial charge >= 0.3 is 0 Å². The van der Waals surface area contributed by atoms with E-state index in [9.17, 15) is 4.39 Å². The zero-order valence-electron chi connectivity index (χ0n) is 12.7. The lowest BCUT2D eigenvalue weighted by molar-refractivity contribution is 0.287. The molecule has 0 aromatic heterocycles. The predicted octanol–water partition coefficient (Wildman–Crippen LogP) is 4.89. The van der Waals surface area contributed by atoms with Gasteiger partial charge in [0.25, 0.3) is 0 Å². The maximum atomic E-state index is 13.1. The Kier molecular flexibility index (Phi) is 5.90. The average molecular weight is 324 g/mol. The standard InChI is InChI=1S/C17H19ClFNO2/c1-3-21-16-8-5-12(9-17(16)22-4-2)11-20-13-6-7-15(19)14(18)10-13/h5-10,20H,3-4,11H2,1-2H3. The van der Waals surface area contributed by atoms with Crippen LogP contribution in [0.2, 0.25) is 5.02 Å². The van der Waals surface area contributed by atoms with E-state index in [-0.39, 0.29) is 5.02 Å². The molecular weight excluding hydrogens is 305 g/mol. The van der Waals surface area contributed by atoms with Gasteiger partial charge in [0.2, 0.25) is 0 Å². The lowest BCUT2D eigenvalue weighted by atomic mass is 10.2. The van der Waals surface area contributed by atoms with Crippen LogP contribution in [0.5, 0.6) is 11.5 Å². The van der Waals surface area contributed by atoms with E-state index in [0.29, 0.717) is 19.8 Å². The number of hydrogen-bond donors (Lipinski definition) is 1. The third-order valence-corrected chi connectivity index (χ3v) is 3.31. The lowest BCUT2D eigenvalue weighted by Crippen LogP contribution is -2.02. The highest BCUT2D eigenvalue weighted by molar-refractivity contribution is 6.31. The molecule has 0 radical (unpaired) electrons. The minimum Gasteiger partial charge on any atom is -0.490 e. The first-order valence-electron chi connectivity index (χ1n) is 7.21. The van der Waals surface area contributed by atoms with E-state index in [1.165, 1.54) is 6.07 Å². The van der Waals surface area contributed by atoms with Crippen molar-refractivity contribution < 1.29 is 13.9 Å². The van der Waals surface area contributed by atoms with E-state index in [1.54, 1.807) is 12.1 Å². The summed E-state index contributed by atoms with van der Waals surface area (Å²) in [5.74, 6) is 1.03. The van der Waals surface area contributed by atoms with Crippen LogP contribution in [-0.4, -0.2) is 13.2 Å². The van der Waals surface area contributed by atoms with Gasteiger partial charge in [0, 0.05) is 12.2 Å². The summed E-state index contributed by atoms with van der Waals surface area (Å²) in [4.78, 5) is 0. The third kappa shape index (κ3) is 4.28. The van der Waals surface area contributed by atoms with Gasteiger partial charge in [0.1, 0.15) is 5.82 Å². The number of rotatable bonds is 7. The van der Waals surface area contributed by atoms with Crippen LogP contribution in [0.15, 0.2) is 36.4 Å². The van der Waals surface area contributed by atoms with Gasteiger partial charge in [-0.2, -0.15) is 0 Å². The fourth-order valence-electron chi connectivity index (χ4n) is 2.02. The number of anilines is 1. The van der Waals surface area contributed by atoms with Crippen molar-refractivity contribution in [2.75, 3.05) is 18.5 Å². The van der Waals surface area contributed by atoms with Crippen molar-refractivity contribution in [3.63, 3.8) is 0 Å². The summed E-state index contributed by atoms with van der Waals surface area (Å²) in [5.41, 5.74) is 1.80. The molecule has 0 atom stereocenters. The van der Waals surface area contributed by atoms with Gasteiger partial charge < -0.3 is 14.8 Å². The summed E-state index contributed by atoms with van der Waals surface area (Å²) in [7, 11) is 0. The number of ether oxygens (including phenoxy) is 2.